The van der Waals surface area contributed by atoms with E-state index < -0.39 is 0 Å². The third-order valence-electron chi connectivity index (χ3n) is 2.61. The van der Waals surface area contributed by atoms with Crippen LogP contribution in [0.15, 0.2) is 36.5 Å². The number of carbonyl (C=O) groups is 1. The molecule has 0 aliphatic rings. The molecule has 3 aromatic rings. The van der Waals surface area contributed by atoms with Crippen molar-refractivity contribution in [2.45, 2.75) is 0 Å². The smallest absolute Gasteiger partial charge is 0.268 e. The molecule has 2 aromatic heterocycles. The minimum absolute atomic E-state index is 0.180. The number of anilines is 2. The number of thiophene rings is 1. The monoisotopic (exact) mass is 304 g/mol. The molecular formula is C13H9ClN4OS. The summed E-state index contributed by atoms with van der Waals surface area (Å²) in [7, 11) is 0. The molecule has 7 heteroatoms. The lowest BCUT2D eigenvalue weighted by molar-refractivity contribution is 0.102. The molecule has 5 nitrogen and oxygen atoms in total. The van der Waals surface area contributed by atoms with Gasteiger partial charge in [-0.25, -0.2) is 9.97 Å². The number of fused-ring (bicyclic) bond motifs is 1. The SMILES string of the molecule is Nc1ccc2sc(C(=O)Nc3nccc(Cl)n3)cc2c1. The van der Waals surface area contributed by atoms with Crippen molar-refractivity contribution in [3.63, 3.8) is 0 Å². The van der Waals surface area contributed by atoms with E-state index in [-0.39, 0.29) is 17.0 Å². The van der Waals surface area contributed by atoms with E-state index in [9.17, 15) is 4.79 Å². The Bertz CT molecular complexity index is 802. The van der Waals surface area contributed by atoms with Crippen LogP contribution in [-0.2, 0) is 0 Å². The Labute approximate surface area is 123 Å². The number of halogens is 1. The molecule has 1 aromatic carbocycles. The lowest BCUT2D eigenvalue weighted by Gasteiger charge is -2.00. The summed E-state index contributed by atoms with van der Waals surface area (Å²) in [5, 5.41) is 3.82. The van der Waals surface area contributed by atoms with E-state index in [0.29, 0.717) is 10.6 Å². The Morgan fingerprint density at radius 2 is 2.15 bits per heavy atom. The number of hydrogen-bond acceptors (Lipinski definition) is 5. The number of nitrogens with two attached hydrogens (primary N) is 1. The standard InChI is InChI=1S/C13H9ClN4OS/c14-11-3-4-16-13(17-11)18-12(19)10-6-7-5-8(15)1-2-9(7)20-10/h1-6H,15H2,(H,16,17,18,19). The molecule has 2 heterocycles. The molecule has 0 saturated heterocycles. The molecule has 100 valence electrons. The highest BCUT2D eigenvalue weighted by atomic mass is 35.5. The van der Waals surface area contributed by atoms with Gasteiger partial charge in [-0.1, -0.05) is 11.6 Å². The Hall–Kier alpha value is -2.18. The van der Waals surface area contributed by atoms with Crippen molar-refractivity contribution in [1.29, 1.82) is 0 Å². The molecule has 3 N–H and O–H groups in total. The van der Waals surface area contributed by atoms with Crippen LogP contribution in [0.4, 0.5) is 11.6 Å². The van der Waals surface area contributed by atoms with Crippen LogP contribution in [0.1, 0.15) is 9.67 Å². The molecule has 0 radical (unpaired) electrons. The van der Waals surface area contributed by atoms with Crippen molar-refractivity contribution in [3.05, 3.63) is 46.6 Å². The maximum Gasteiger partial charge on any atom is 0.268 e. The van der Waals surface area contributed by atoms with Gasteiger partial charge >= 0.3 is 0 Å². The zero-order valence-electron chi connectivity index (χ0n) is 10.1. The van der Waals surface area contributed by atoms with E-state index in [0.717, 1.165) is 10.1 Å². The highest BCUT2D eigenvalue weighted by Gasteiger charge is 2.12. The number of nitrogens with one attached hydrogen (secondary N) is 1. The summed E-state index contributed by atoms with van der Waals surface area (Å²) in [6.07, 6.45) is 1.48. The van der Waals surface area contributed by atoms with Crippen LogP contribution < -0.4 is 11.1 Å². The van der Waals surface area contributed by atoms with Gasteiger partial charge in [-0.15, -0.1) is 11.3 Å². The molecule has 0 spiro atoms. The van der Waals surface area contributed by atoms with Crippen LogP contribution in [-0.4, -0.2) is 15.9 Å². The van der Waals surface area contributed by atoms with Gasteiger partial charge in [0.15, 0.2) is 0 Å². The summed E-state index contributed by atoms with van der Waals surface area (Å²) in [6, 6.07) is 8.86. The summed E-state index contributed by atoms with van der Waals surface area (Å²) in [5.74, 6) is -0.0912. The van der Waals surface area contributed by atoms with E-state index in [1.807, 2.05) is 12.1 Å². The van der Waals surface area contributed by atoms with Crippen molar-refractivity contribution < 1.29 is 4.79 Å². The molecule has 0 atom stereocenters. The van der Waals surface area contributed by atoms with Crippen LogP contribution in [0.5, 0.6) is 0 Å². The Balaban J connectivity index is 1.88. The fourth-order valence-corrected chi connectivity index (χ4v) is 2.81. The molecular weight excluding hydrogens is 296 g/mol. The van der Waals surface area contributed by atoms with Crippen LogP contribution in [0.25, 0.3) is 10.1 Å². The van der Waals surface area contributed by atoms with Gasteiger partial charge in [-0.2, -0.15) is 0 Å². The minimum atomic E-state index is -0.271. The second-order valence-corrected chi connectivity index (χ2v) is 5.54. The maximum absolute atomic E-state index is 12.1. The number of carbonyl (C=O) groups excluding carboxylic acids is 1. The van der Waals surface area contributed by atoms with Gasteiger partial charge in [0.1, 0.15) is 5.15 Å². The molecule has 0 aliphatic carbocycles. The molecule has 20 heavy (non-hydrogen) atoms. The summed E-state index contributed by atoms with van der Waals surface area (Å²) >= 11 is 7.12. The van der Waals surface area contributed by atoms with E-state index in [1.54, 1.807) is 18.2 Å². The Kier molecular flexibility index (Phi) is 3.25. The topological polar surface area (TPSA) is 80.9 Å². The lowest BCUT2D eigenvalue weighted by atomic mass is 10.2. The molecule has 0 fully saturated rings. The summed E-state index contributed by atoms with van der Waals surface area (Å²) in [4.78, 5) is 20.5. The van der Waals surface area contributed by atoms with Gasteiger partial charge in [0, 0.05) is 16.6 Å². The first-order chi connectivity index (χ1) is 9.61. The molecule has 0 aliphatic heterocycles. The zero-order valence-corrected chi connectivity index (χ0v) is 11.7. The number of amides is 1. The largest absolute Gasteiger partial charge is 0.399 e. The fourth-order valence-electron chi connectivity index (χ4n) is 1.73. The number of nitrogen functional groups attached to an aromatic ring is 1. The maximum atomic E-state index is 12.1. The number of nitrogens with zero attached hydrogens (tertiary/aromatic N) is 2. The van der Waals surface area contributed by atoms with Gasteiger partial charge < -0.3 is 5.73 Å². The highest BCUT2D eigenvalue weighted by molar-refractivity contribution is 7.20. The van der Waals surface area contributed by atoms with Crippen molar-refractivity contribution in [2.24, 2.45) is 0 Å². The highest BCUT2D eigenvalue weighted by Crippen LogP contribution is 2.27. The normalized spacial score (nSPS) is 10.7. The van der Waals surface area contributed by atoms with Gasteiger partial charge in [0.05, 0.1) is 4.88 Å². The second kappa shape index (κ2) is 5.07. The predicted molar refractivity (Wildman–Crippen MR) is 81.2 cm³/mol. The Morgan fingerprint density at radius 3 is 2.95 bits per heavy atom. The van der Waals surface area contributed by atoms with Crippen molar-refractivity contribution >= 4 is 50.6 Å². The predicted octanol–water partition coefficient (Wildman–Crippen LogP) is 3.18. The fraction of sp³-hybridized carbons (Fsp3) is 0. The summed E-state index contributed by atoms with van der Waals surface area (Å²) < 4.78 is 0.997. The first-order valence-electron chi connectivity index (χ1n) is 5.71. The van der Waals surface area contributed by atoms with Gasteiger partial charge in [-0.3, -0.25) is 10.1 Å². The van der Waals surface area contributed by atoms with Crippen molar-refractivity contribution in [2.75, 3.05) is 11.1 Å². The van der Waals surface area contributed by atoms with E-state index in [4.69, 9.17) is 17.3 Å². The third kappa shape index (κ3) is 2.56. The minimum Gasteiger partial charge on any atom is -0.399 e. The second-order valence-electron chi connectivity index (χ2n) is 4.07. The average molecular weight is 305 g/mol. The number of benzene rings is 1. The summed E-state index contributed by atoms with van der Waals surface area (Å²) in [5.41, 5.74) is 6.39. The molecule has 1 amide bonds. The quantitative estimate of drug-likeness (QED) is 0.563. The molecule has 0 unspecified atom stereocenters. The van der Waals surface area contributed by atoms with Gasteiger partial charge in [0.25, 0.3) is 5.91 Å². The summed E-state index contributed by atoms with van der Waals surface area (Å²) in [6.45, 7) is 0. The number of hydrogen-bond donors (Lipinski definition) is 2. The first-order valence-corrected chi connectivity index (χ1v) is 6.90. The van der Waals surface area contributed by atoms with Crippen LogP contribution >= 0.6 is 22.9 Å². The third-order valence-corrected chi connectivity index (χ3v) is 3.94. The van der Waals surface area contributed by atoms with Crippen molar-refractivity contribution in [3.8, 4) is 0 Å². The van der Waals surface area contributed by atoms with Crippen molar-refractivity contribution in [1.82, 2.24) is 9.97 Å². The number of aromatic nitrogens is 2. The van der Waals surface area contributed by atoms with E-state index in [2.05, 4.69) is 15.3 Å². The van der Waals surface area contributed by atoms with Crippen LogP contribution in [0, 0.1) is 0 Å². The van der Waals surface area contributed by atoms with Crippen LogP contribution in [0.2, 0.25) is 5.15 Å². The molecule has 0 bridgehead atoms. The Morgan fingerprint density at radius 1 is 1.30 bits per heavy atom. The molecule has 0 saturated carbocycles. The molecule has 3 rings (SSSR count). The zero-order chi connectivity index (χ0) is 14.1. The first kappa shape index (κ1) is 12.8. The number of rotatable bonds is 2. The van der Waals surface area contributed by atoms with E-state index in [1.165, 1.54) is 17.5 Å². The van der Waals surface area contributed by atoms with Crippen LogP contribution in [0.3, 0.4) is 0 Å². The lowest BCUT2D eigenvalue weighted by Crippen LogP contribution is -2.12. The average Bonchev–Trinajstić information content (AvgIpc) is 2.81. The van der Waals surface area contributed by atoms with E-state index >= 15 is 0 Å². The van der Waals surface area contributed by atoms with Gasteiger partial charge in [0.2, 0.25) is 5.95 Å². The van der Waals surface area contributed by atoms with Gasteiger partial charge in [-0.05, 0) is 35.7 Å².